The van der Waals surface area contributed by atoms with E-state index in [2.05, 4.69) is 45.9 Å². The van der Waals surface area contributed by atoms with E-state index in [0.717, 1.165) is 49.7 Å². The molecule has 0 aromatic heterocycles. The van der Waals surface area contributed by atoms with E-state index in [-0.39, 0.29) is 0 Å². The van der Waals surface area contributed by atoms with Crippen molar-refractivity contribution in [3.8, 4) is 0 Å². The molecule has 2 aliphatic rings. The molecule has 0 atom stereocenters. The van der Waals surface area contributed by atoms with Crippen LogP contribution in [0, 0.1) is 0 Å². The smallest absolute Gasteiger partial charge is 0.0640 e. The molecule has 0 saturated carbocycles. The molecule has 2 aliphatic heterocycles. The summed E-state index contributed by atoms with van der Waals surface area (Å²) in [6.07, 6.45) is 7.59. The Labute approximate surface area is 174 Å². The Morgan fingerprint density at radius 1 is 0.857 bits per heavy atom. The fourth-order valence-corrected chi connectivity index (χ4v) is 4.68. The summed E-state index contributed by atoms with van der Waals surface area (Å²) in [6.45, 7) is 6.46. The number of fused-ring (bicyclic) bond motifs is 1. The van der Waals surface area contributed by atoms with E-state index >= 15 is 0 Å². The van der Waals surface area contributed by atoms with Gasteiger partial charge in [-0.15, -0.1) is 0 Å². The molecule has 2 aromatic rings. The van der Waals surface area contributed by atoms with Gasteiger partial charge in [0.15, 0.2) is 0 Å². The summed E-state index contributed by atoms with van der Waals surface area (Å²) in [7, 11) is 0. The predicted molar refractivity (Wildman–Crippen MR) is 119 cm³/mol. The first-order valence-electron chi connectivity index (χ1n) is 10.8. The summed E-state index contributed by atoms with van der Waals surface area (Å²) in [5.74, 6) is 0. The lowest BCUT2D eigenvalue weighted by Gasteiger charge is -2.20. The molecule has 0 amide bonds. The molecule has 0 aliphatic carbocycles. The van der Waals surface area contributed by atoms with Crippen LogP contribution in [0.5, 0.6) is 0 Å². The van der Waals surface area contributed by atoms with Crippen LogP contribution >= 0.6 is 11.6 Å². The van der Waals surface area contributed by atoms with Crippen LogP contribution in [0.1, 0.15) is 47.9 Å². The quantitative estimate of drug-likeness (QED) is 0.742. The van der Waals surface area contributed by atoms with Gasteiger partial charge in [-0.3, -0.25) is 4.90 Å². The van der Waals surface area contributed by atoms with Gasteiger partial charge in [0.1, 0.15) is 0 Å². The van der Waals surface area contributed by atoms with Gasteiger partial charge < -0.3 is 10.6 Å². The highest BCUT2D eigenvalue weighted by molar-refractivity contribution is 6.33. The van der Waals surface area contributed by atoms with E-state index < -0.39 is 0 Å². The van der Waals surface area contributed by atoms with Crippen LogP contribution in [0.25, 0.3) is 0 Å². The number of anilines is 1. The topological polar surface area (TPSA) is 27.3 Å². The molecule has 2 N–H and O–H groups in total. The zero-order valence-electron chi connectivity index (χ0n) is 16.8. The third-order valence-corrected chi connectivity index (χ3v) is 6.39. The molecule has 0 bridgehead atoms. The van der Waals surface area contributed by atoms with Crippen molar-refractivity contribution in [2.75, 3.05) is 31.5 Å². The lowest BCUT2D eigenvalue weighted by Crippen LogP contribution is -2.23. The normalized spacial score (nSPS) is 18.2. The number of hydrogen-bond acceptors (Lipinski definition) is 3. The van der Waals surface area contributed by atoms with Crippen LogP contribution in [0.4, 0.5) is 5.69 Å². The van der Waals surface area contributed by atoms with Crippen molar-refractivity contribution in [2.24, 2.45) is 0 Å². The minimum atomic E-state index is 0.813. The Balaban J connectivity index is 1.39. The number of likely N-dealkylation sites (tertiary alicyclic amines) is 1. The zero-order valence-corrected chi connectivity index (χ0v) is 17.5. The Morgan fingerprint density at radius 2 is 1.57 bits per heavy atom. The molecule has 4 heteroatoms. The average Bonchev–Trinajstić information content (AvgIpc) is 3.11. The van der Waals surface area contributed by atoms with Crippen molar-refractivity contribution < 1.29 is 0 Å². The number of nitrogens with zero attached hydrogens (tertiary/aromatic N) is 1. The minimum absolute atomic E-state index is 0.813. The van der Waals surface area contributed by atoms with Gasteiger partial charge in [-0.25, -0.2) is 0 Å². The average molecular weight is 398 g/mol. The maximum atomic E-state index is 6.54. The maximum Gasteiger partial charge on any atom is 0.0640 e. The number of halogens is 1. The second-order valence-corrected chi connectivity index (χ2v) is 8.58. The first-order valence-corrected chi connectivity index (χ1v) is 11.2. The summed E-state index contributed by atoms with van der Waals surface area (Å²) in [4.78, 5) is 2.60. The molecule has 0 unspecified atom stereocenters. The lowest BCUT2D eigenvalue weighted by molar-refractivity contribution is 0.277. The van der Waals surface area contributed by atoms with Crippen LogP contribution in [-0.2, 0) is 25.9 Å². The van der Waals surface area contributed by atoms with Gasteiger partial charge >= 0.3 is 0 Å². The molecule has 150 valence electrons. The molecule has 0 radical (unpaired) electrons. The minimum Gasteiger partial charge on any atom is -0.380 e. The van der Waals surface area contributed by atoms with E-state index in [0.29, 0.717) is 0 Å². The first kappa shape index (κ1) is 19.8. The molecule has 28 heavy (non-hydrogen) atoms. The zero-order chi connectivity index (χ0) is 19.2. The molecule has 3 nitrogen and oxygen atoms in total. The molecule has 2 heterocycles. The number of nitrogens with one attached hydrogen (secondary N) is 2. The molecular formula is C24H32ClN3. The maximum absolute atomic E-state index is 6.54. The predicted octanol–water partition coefficient (Wildman–Crippen LogP) is 5.02. The molecule has 4 rings (SSSR count). The standard InChI is InChI=1S/C24H32ClN3/c25-23-10-9-21-11-13-26-14-12-22(21)24(23)27-17-19-5-7-20(8-6-19)18-28-15-3-1-2-4-16-28/h5-10,26-27H,1-4,11-18H2. The second-order valence-electron chi connectivity index (χ2n) is 8.17. The fraction of sp³-hybridized carbons (Fsp3) is 0.500. The van der Waals surface area contributed by atoms with Crippen molar-refractivity contribution in [3.63, 3.8) is 0 Å². The van der Waals surface area contributed by atoms with Gasteiger partial charge in [0, 0.05) is 13.1 Å². The van der Waals surface area contributed by atoms with Crippen LogP contribution in [0.3, 0.4) is 0 Å². The van der Waals surface area contributed by atoms with Gasteiger partial charge in [-0.1, -0.05) is 54.8 Å². The number of rotatable bonds is 5. The Kier molecular flexibility index (Phi) is 6.90. The highest BCUT2D eigenvalue weighted by Gasteiger charge is 2.15. The number of benzene rings is 2. The highest BCUT2D eigenvalue weighted by Crippen LogP contribution is 2.31. The van der Waals surface area contributed by atoms with Crippen LogP contribution in [0.15, 0.2) is 36.4 Å². The lowest BCUT2D eigenvalue weighted by atomic mass is 10.0. The Morgan fingerprint density at radius 3 is 2.36 bits per heavy atom. The van der Waals surface area contributed by atoms with Crippen molar-refractivity contribution in [2.45, 2.75) is 51.6 Å². The van der Waals surface area contributed by atoms with E-state index in [1.54, 1.807) is 0 Å². The SMILES string of the molecule is Clc1ccc2c(c1NCc1ccc(CN3CCCCCC3)cc1)CCNCC2. The van der Waals surface area contributed by atoms with Crippen molar-refractivity contribution in [1.29, 1.82) is 0 Å². The Hall–Kier alpha value is -1.55. The summed E-state index contributed by atoms with van der Waals surface area (Å²) in [5.41, 5.74) is 6.65. The van der Waals surface area contributed by atoms with Crippen molar-refractivity contribution in [1.82, 2.24) is 10.2 Å². The summed E-state index contributed by atoms with van der Waals surface area (Å²) < 4.78 is 0. The van der Waals surface area contributed by atoms with Crippen LogP contribution in [-0.4, -0.2) is 31.1 Å². The van der Waals surface area contributed by atoms with Crippen LogP contribution < -0.4 is 10.6 Å². The third-order valence-electron chi connectivity index (χ3n) is 6.08. The monoisotopic (exact) mass is 397 g/mol. The molecule has 0 spiro atoms. The summed E-state index contributed by atoms with van der Waals surface area (Å²) in [6, 6.07) is 13.3. The largest absolute Gasteiger partial charge is 0.380 e. The molecular weight excluding hydrogens is 366 g/mol. The first-order chi connectivity index (χ1) is 13.8. The molecule has 1 fully saturated rings. The van der Waals surface area contributed by atoms with E-state index in [9.17, 15) is 0 Å². The number of hydrogen-bond donors (Lipinski definition) is 2. The second kappa shape index (κ2) is 9.78. The van der Waals surface area contributed by atoms with Crippen molar-refractivity contribution >= 4 is 17.3 Å². The van der Waals surface area contributed by atoms with E-state index in [4.69, 9.17) is 11.6 Å². The van der Waals surface area contributed by atoms with Crippen LogP contribution in [0.2, 0.25) is 5.02 Å². The Bertz CT molecular complexity index is 764. The molecule has 2 aromatic carbocycles. The van der Waals surface area contributed by atoms with Gasteiger partial charge in [-0.05, 0) is 80.2 Å². The van der Waals surface area contributed by atoms with Gasteiger partial charge in [0.05, 0.1) is 10.7 Å². The fourth-order valence-electron chi connectivity index (χ4n) is 4.44. The van der Waals surface area contributed by atoms with E-state index in [1.807, 2.05) is 6.07 Å². The van der Waals surface area contributed by atoms with E-state index in [1.165, 1.54) is 61.0 Å². The summed E-state index contributed by atoms with van der Waals surface area (Å²) in [5, 5.41) is 7.94. The highest BCUT2D eigenvalue weighted by atomic mass is 35.5. The van der Waals surface area contributed by atoms with Gasteiger partial charge in [0.2, 0.25) is 0 Å². The summed E-state index contributed by atoms with van der Waals surface area (Å²) >= 11 is 6.54. The van der Waals surface area contributed by atoms with Gasteiger partial charge in [-0.2, -0.15) is 0 Å². The van der Waals surface area contributed by atoms with Gasteiger partial charge in [0.25, 0.3) is 0 Å². The molecule has 1 saturated heterocycles. The van der Waals surface area contributed by atoms with Crippen molar-refractivity contribution in [3.05, 3.63) is 63.7 Å². The third kappa shape index (κ3) is 5.08.